The molecule has 0 aliphatic carbocycles. The van der Waals surface area contributed by atoms with Crippen molar-refractivity contribution in [2.45, 2.75) is 24.9 Å². The number of nitrogens with zero attached hydrogens (tertiary/aromatic N) is 1. The van der Waals surface area contributed by atoms with Gasteiger partial charge < -0.3 is 10.6 Å². The van der Waals surface area contributed by atoms with E-state index in [1.807, 2.05) is 6.07 Å². The van der Waals surface area contributed by atoms with Crippen LogP contribution >= 0.6 is 35.7 Å². The van der Waals surface area contributed by atoms with E-state index in [0.29, 0.717) is 24.6 Å². The minimum atomic E-state index is -0.210. The summed E-state index contributed by atoms with van der Waals surface area (Å²) in [6.07, 6.45) is 2.07. The molecule has 0 atom stereocenters. The van der Waals surface area contributed by atoms with E-state index < -0.39 is 0 Å². The third-order valence-corrected chi connectivity index (χ3v) is 4.34. The third-order valence-electron chi connectivity index (χ3n) is 3.52. The highest BCUT2D eigenvalue weighted by molar-refractivity contribution is 14.0. The van der Waals surface area contributed by atoms with E-state index >= 15 is 0 Å². The van der Waals surface area contributed by atoms with Crippen LogP contribution in [0.25, 0.3) is 0 Å². The lowest BCUT2D eigenvalue weighted by Gasteiger charge is -2.14. The van der Waals surface area contributed by atoms with Crippen LogP contribution in [0.5, 0.6) is 0 Å². The first-order chi connectivity index (χ1) is 11.1. The molecule has 0 saturated heterocycles. The number of rotatable bonds is 5. The van der Waals surface area contributed by atoms with Crippen LogP contribution < -0.4 is 10.6 Å². The first-order valence-corrected chi connectivity index (χ1v) is 8.68. The van der Waals surface area contributed by atoms with Crippen LogP contribution in [-0.4, -0.2) is 19.3 Å². The van der Waals surface area contributed by atoms with Gasteiger partial charge in [-0.2, -0.15) is 0 Å². The van der Waals surface area contributed by atoms with Crippen LogP contribution in [0.15, 0.2) is 52.4 Å². The SMILES string of the molecule is CN=C(NCc1ccccc1F)NCc1ccc(C)cc1SC.I. The lowest BCUT2D eigenvalue weighted by Crippen LogP contribution is -2.36. The summed E-state index contributed by atoms with van der Waals surface area (Å²) in [5.74, 6) is 0.444. The molecule has 0 heterocycles. The molecule has 0 amide bonds. The second kappa shape index (κ2) is 10.6. The zero-order valence-corrected chi connectivity index (χ0v) is 17.2. The summed E-state index contributed by atoms with van der Waals surface area (Å²) in [5.41, 5.74) is 3.09. The molecule has 130 valence electrons. The van der Waals surface area contributed by atoms with Crippen molar-refractivity contribution in [2.75, 3.05) is 13.3 Å². The summed E-state index contributed by atoms with van der Waals surface area (Å²) in [4.78, 5) is 5.44. The summed E-state index contributed by atoms with van der Waals surface area (Å²) in [6, 6.07) is 13.1. The van der Waals surface area contributed by atoms with Gasteiger partial charge in [-0.3, -0.25) is 4.99 Å². The second-order valence-corrected chi connectivity index (χ2v) is 6.03. The van der Waals surface area contributed by atoms with Crippen LogP contribution in [0.1, 0.15) is 16.7 Å². The van der Waals surface area contributed by atoms with Gasteiger partial charge in [0.05, 0.1) is 0 Å². The second-order valence-electron chi connectivity index (χ2n) is 5.19. The van der Waals surface area contributed by atoms with Crippen molar-refractivity contribution in [2.24, 2.45) is 4.99 Å². The Morgan fingerprint density at radius 2 is 1.75 bits per heavy atom. The highest BCUT2D eigenvalue weighted by Gasteiger charge is 2.05. The summed E-state index contributed by atoms with van der Waals surface area (Å²) >= 11 is 1.73. The molecule has 2 N–H and O–H groups in total. The van der Waals surface area contributed by atoms with Gasteiger partial charge >= 0.3 is 0 Å². The van der Waals surface area contributed by atoms with Gasteiger partial charge in [-0.05, 0) is 36.4 Å². The van der Waals surface area contributed by atoms with E-state index in [0.717, 1.165) is 0 Å². The minimum Gasteiger partial charge on any atom is -0.352 e. The van der Waals surface area contributed by atoms with E-state index in [-0.39, 0.29) is 29.8 Å². The fourth-order valence-corrected chi connectivity index (χ4v) is 2.92. The average Bonchev–Trinajstić information content (AvgIpc) is 2.57. The van der Waals surface area contributed by atoms with Gasteiger partial charge in [-0.1, -0.05) is 30.3 Å². The molecule has 0 aromatic heterocycles. The number of nitrogens with one attached hydrogen (secondary N) is 2. The summed E-state index contributed by atoms with van der Waals surface area (Å²) in [5, 5.41) is 6.41. The Hall–Kier alpha value is -1.28. The molecule has 0 bridgehead atoms. The smallest absolute Gasteiger partial charge is 0.191 e. The van der Waals surface area contributed by atoms with Gasteiger partial charge in [0, 0.05) is 30.6 Å². The average molecular weight is 459 g/mol. The van der Waals surface area contributed by atoms with Crippen LogP contribution in [0.3, 0.4) is 0 Å². The molecule has 0 aliphatic rings. The molecule has 0 spiro atoms. The molecule has 2 aromatic carbocycles. The number of thioether (sulfide) groups is 1. The highest BCUT2D eigenvalue weighted by atomic mass is 127. The van der Waals surface area contributed by atoms with Crippen molar-refractivity contribution in [3.63, 3.8) is 0 Å². The Kier molecular flexibility index (Phi) is 9.13. The molecule has 0 unspecified atom stereocenters. The molecular formula is C18H23FIN3S. The minimum absolute atomic E-state index is 0. The van der Waals surface area contributed by atoms with Crippen molar-refractivity contribution < 1.29 is 4.39 Å². The maximum absolute atomic E-state index is 13.6. The first-order valence-electron chi connectivity index (χ1n) is 7.45. The maximum atomic E-state index is 13.6. The lowest BCUT2D eigenvalue weighted by molar-refractivity contribution is 0.604. The Morgan fingerprint density at radius 3 is 2.38 bits per heavy atom. The van der Waals surface area contributed by atoms with Gasteiger partial charge in [-0.25, -0.2) is 4.39 Å². The Labute approximate surface area is 164 Å². The summed E-state index contributed by atoms with van der Waals surface area (Å²) in [6.45, 7) is 3.16. The maximum Gasteiger partial charge on any atom is 0.191 e. The highest BCUT2D eigenvalue weighted by Crippen LogP contribution is 2.21. The quantitative estimate of drug-likeness (QED) is 0.302. The van der Waals surface area contributed by atoms with E-state index in [9.17, 15) is 4.39 Å². The zero-order valence-electron chi connectivity index (χ0n) is 14.1. The predicted molar refractivity (Wildman–Crippen MR) is 112 cm³/mol. The topological polar surface area (TPSA) is 36.4 Å². The molecule has 0 saturated carbocycles. The molecule has 0 radical (unpaired) electrons. The Bertz CT molecular complexity index is 692. The van der Waals surface area contributed by atoms with E-state index in [1.54, 1.807) is 30.9 Å². The molecule has 6 heteroatoms. The number of hydrogen-bond acceptors (Lipinski definition) is 2. The van der Waals surface area contributed by atoms with Gasteiger partial charge in [0.2, 0.25) is 0 Å². The summed E-state index contributed by atoms with van der Waals surface area (Å²) in [7, 11) is 1.71. The number of halogens is 2. The van der Waals surface area contributed by atoms with Gasteiger partial charge in [0.25, 0.3) is 0 Å². The van der Waals surface area contributed by atoms with Crippen molar-refractivity contribution in [1.82, 2.24) is 10.6 Å². The van der Waals surface area contributed by atoms with Crippen LogP contribution in [-0.2, 0) is 13.1 Å². The van der Waals surface area contributed by atoms with E-state index in [1.165, 1.54) is 22.1 Å². The number of hydrogen-bond donors (Lipinski definition) is 2. The van der Waals surface area contributed by atoms with Gasteiger partial charge in [0.15, 0.2) is 5.96 Å². The van der Waals surface area contributed by atoms with Gasteiger partial charge in [0.1, 0.15) is 5.82 Å². The Morgan fingerprint density at radius 1 is 1.08 bits per heavy atom. The normalized spacial score (nSPS) is 10.9. The van der Waals surface area contributed by atoms with Crippen molar-refractivity contribution in [3.05, 3.63) is 65.0 Å². The van der Waals surface area contributed by atoms with Crippen molar-refractivity contribution in [1.29, 1.82) is 0 Å². The third kappa shape index (κ3) is 5.98. The number of aryl methyl sites for hydroxylation is 1. The Balaban J connectivity index is 0.00000288. The lowest BCUT2D eigenvalue weighted by atomic mass is 10.1. The molecule has 24 heavy (non-hydrogen) atoms. The van der Waals surface area contributed by atoms with Crippen LogP contribution in [0.2, 0.25) is 0 Å². The standard InChI is InChI=1S/C18H22FN3S.HI/c1-13-8-9-15(17(10-13)23-3)12-22-18(20-2)21-11-14-6-4-5-7-16(14)19;/h4-10H,11-12H2,1-3H3,(H2,20,21,22);1H. The zero-order chi connectivity index (χ0) is 16.7. The monoisotopic (exact) mass is 459 g/mol. The number of benzene rings is 2. The molecule has 0 aliphatic heterocycles. The van der Waals surface area contributed by atoms with Crippen molar-refractivity contribution >= 4 is 41.7 Å². The molecular weight excluding hydrogens is 436 g/mol. The molecule has 2 aromatic rings. The van der Waals surface area contributed by atoms with Crippen LogP contribution in [0.4, 0.5) is 4.39 Å². The molecule has 0 fully saturated rings. The predicted octanol–water partition coefficient (Wildman–Crippen LogP) is 4.34. The fourth-order valence-electron chi connectivity index (χ4n) is 2.22. The fraction of sp³-hybridized carbons (Fsp3) is 0.278. The van der Waals surface area contributed by atoms with Gasteiger partial charge in [-0.15, -0.1) is 35.7 Å². The molecule has 3 nitrogen and oxygen atoms in total. The first kappa shape index (κ1) is 20.8. The summed E-state index contributed by atoms with van der Waals surface area (Å²) < 4.78 is 13.6. The number of aliphatic imine (C=N–C) groups is 1. The van der Waals surface area contributed by atoms with Crippen molar-refractivity contribution in [3.8, 4) is 0 Å². The van der Waals surface area contributed by atoms with E-state index in [2.05, 4.69) is 47.0 Å². The largest absolute Gasteiger partial charge is 0.352 e. The van der Waals surface area contributed by atoms with Crippen LogP contribution in [0, 0.1) is 12.7 Å². The molecule has 2 rings (SSSR count). The number of guanidine groups is 1. The van der Waals surface area contributed by atoms with E-state index in [4.69, 9.17) is 0 Å².